The minimum absolute atomic E-state index is 0. The molecule has 0 saturated carbocycles. The van der Waals surface area contributed by atoms with Gasteiger partial charge in [-0.25, -0.2) is 0 Å². The third-order valence-electron chi connectivity index (χ3n) is 5.29. The number of aromatic amines is 1. The highest BCUT2D eigenvalue weighted by atomic mass is 35.5. The highest BCUT2D eigenvalue weighted by molar-refractivity contribution is 5.86. The van der Waals surface area contributed by atoms with Crippen molar-refractivity contribution in [1.82, 2.24) is 15.6 Å². The summed E-state index contributed by atoms with van der Waals surface area (Å²) in [7, 11) is 1.67. The molecule has 3 rings (SSSR count). The van der Waals surface area contributed by atoms with E-state index in [1.54, 1.807) is 7.11 Å². The second-order valence-electron chi connectivity index (χ2n) is 6.90. The lowest BCUT2D eigenvalue weighted by Crippen LogP contribution is -2.49. The van der Waals surface area contributed by atoms with Crippen molar-refractivity contribution in [3.8, 4) is 0 Å². The molecule has 1 amide bonds. The number of amides is 1. The second kappa shape index (κ2) is 8.21. The number of methoxy groups -OCH3 is 1. The summed E-state index contributed by atoms with van der Waals surface area (Å²) >= 11 is 0. The average molecular weight is 366 g/mol. The molecule has 0 bridgehead atoms. The Morgan fingerprint density at radius 2 is 2.00 bits per heavy atom. The van der Waals surface area contributed by atoms with E-state index >= 15 is 0 Å². The van der Waals surface area contributed by atoms with Crippen LogP contribution in [0.3, 0.4) is 0 Å². The molecule has 25 heavy (non-hydrogen) atoms. The molecule has 5 nitrogen and oxygen atoms in total. The maximum absolute atomic E-state index is 12.8. The van der Waals surface area contributed by atoms with E-state index < -0.39 is 5.41 Å². The number of H-pyrrole nitrogens is 1. The van der Waals surface area contributed by atoms with Crippen LogP contribution in [0, 0.1) is 19.3 Å². The van der Waals surface area contributed by atoms with Gasteiger partial charge in [-0.2, -0.15) is 0 Å². The quantitative estimate of drug-likeness (QED) is 0.763. The molecule has 1 fully saturated rings. The number of carbonyl (C=O) groups excluding carboxylic acids is 1. The number of aromatic nitrogens is 1. The standard InChI is InChI=1S/C19H27N3O2.ClH/c1-13-14(2)22-17-5-4-15(10-16(13)17)11-21-18(23)19(12-24-3)6-8-20-9-7-19;/h4-5,10,20,22H,6-9,11-12H2,1-3H3,(H,21,23);1H. The van der Waals surface area contributed by atoms with E-state index in [2.05, 4.69) is 47.7 Å². The van der Waals surface area contributed by atoms with E-state index in [-0.39, 0.29) is 18.3 Å². The van der Waals surface area contributed by atoms with Gasteiger partial charge >= 0.3 is 0 Å². The number of ether oxygens (including phenoxy) is 1. The first kappa shape index (κ1) is 19.8. The molecule has 0 unspecified atom stereocenters. The normalized spacial score (nSPS) is 16.4. The van der Waals surface area contributed by atoms with E-state index in [4.69, 9.17) is 4.74 Å². The largest absolute Gasteiger partial charge is 0.384 e. The van der Waals surface area contributed by atoms with Gasteiger partial charge in [0.05, 0.1) is 12.0 Å². The van der Waals surface area contributed by atoms with Crippen LogP contribution in [-0.2, 0) is 16.1 Å². The predicted molar refractivity (Wildman–Crippen MR) is 103 cm³/mol. The van der Waals surface area contributed by atoms with Crippen LogP contribution in [0.4, 0.5) is 0 Å². The first-order valence-corrected chi connectivity index (χ1v) is 8.61. The van der Waals surface area contributed by atoms with Gasteiger partial charge in [-0.05, 0) is 63.0 Å². The van der Waals surface area contributed by atoms with Crippen molar-refractivity contribution in [2.24, 2.45) is 5.41 Å². The first-order chi connectivity index (χ1) is 11.6. The maximum atomic E-state index is 12.8. The van der Waals surface area contributed by atoms with Crippen LogP contribution in [0.2, 0.25) is 0 Å². The molecule has 138 valence electrons. The summed E-state index contributed by atoms with van der Waals surface area (Å²) in [4.78, 5) is 16.2. The molecular formula is C19H28ClN3O2. The Morgan fingerprint density at radius 1 is 1.28 bits per heavy atom. The Balaban J connectivity index is 0.00000225. The number of rotatable bonds is 5. The number of hydrogen-bond donors (Lipinski definition) is 3. The van der Waals surface area contributed by atoms with Crippen molar-refractivity contribution >= 4 is 29.2 Å². The Bertz CT molecular complexity index is 730. The zero-order valence-electron chi connectivity index (χ0n) is 15.2. The lowest BCUT2D eigenvalue weighted by atomic mass is 9.78. The van der Waals surface area contributed by atoms with Crippen molar-refractivity contribution in [2.75, 3.05) is 26.8 Å². The van der Waals surface area contributed by atoms with Crippen LogP contribution < -0.4 is 10.6 Å². The van der Waals surface area contributed by atoms with Gasteiger partial charge in [0.1, 0.15) is 0 Å². The summed E-state index contributed by atoms with van der Waals surface area (Å²) in [6, 6.07) is 6.33. The third-order valence-corrected chi connectivity index (χ3v) is 5.29. The number of aryl methyl sites for hydroxylation is 2. The number of hydrogen-bond acceptors (Lipinski definition) is 3. The van der Waals surface area contributed by atoms with E-state index in [0.717, 1.165) is 37.0 Å². The van der Waals surface area contributed by atoms with Crippen LogP contribution >= 0.6 is 12.4 Å². The van der Waals surface area contributed by atoms with Crippen molar-refractivity contribution in [3.63, 3.8) is 0 Å². The monoisotopic (exact) mass is 365 g/mol. The Hall–Kier alpha value is -1.56. The predicted octanol–water partition coefficient (Wildman–Crippen LogP) is 2.84. The maximum Gasteiger partial charge on any atom is 0.228 e. The molecule has 0 radical (unpaired) electrons. The lowest BCUT2D eigenvalue weighted by Gasteiger charge is -2.35. The molecule has 1 aliphatic heterocycles. The minimum atomic E-state index is -0.398. The molecule has 0 spiro atoms. The SMILES string of the molecule is COCC1(C(=O)NCc2ccc3[nH]c(C)c(C)c3c2)CCNCC1.Cl. The fourth-order valence-electron chi connectivity index (χ4n) is 3.61. The Labute approximate surface area is 155 Å². The first-order valence-electron chi connectivity index (χ1n) is 8.61. The van der Waals surface area contributed by atoms with Gasteiger partial charge in [-0.15, -0.1) is 12.4 Å². The molecular weight excluding hydrogens is 338 g/mol. The molecule has 3 N–H and O–H groups in total. The van der Waals surface area contributed by atoms with Gasteiger partial charge < -0.3 is 20.4 Å². The fraction of sp³-hybridized carbons (Fsp3) is 0.526. The molecule has 6 heteroatoms. The van der Waals surface area contributed by atoms with Gasteiger partial charge in [0.15, 0.2) is 0 Å². The Morgan fingerprint density at radius 3 is 2.68 bits per heavy atom. The molecule has 1 saturated heterocycles. The summed E-state index contributed by atoms with van der Waals surface area (Å²) in [5.41, 5.74) is 4.34. The fourth-order valence-corrected chi connectivity index (χ4v) is 3.61. The van der Waals surface area contributed by atoms with Crippen molar-refractivity contribution in [3.05, 3.63) is 35.0 Å². The van der Waals surface area contributed by atoms with Crippen LogP contribution in [-0.4, -0.2) is 37.7 Å². The third kappa shape index (κ3) is 4.00. The van der Waals surface area contributed by atoms with Crippen molar-refractivity contribution < 1.29 is 9.53 Å². The topological polar surface area (TPSA) is 66.1 Å². The van der Waals surface area contributed by atoms with E-state index in [1.807, 2.05) is 0 Å². The zero-order valence-corrected chi connectivity index (χ0v) is 16.0. The molecule has 1 aromatic heterocycles. The summed E-state index contributed by atoms with van der Waals surface area (Å²) < 4.78 is 5.34. The lowest BCUT2D eigenvalue weighted by molar-refractivity contribution is -0.136. The number of fused-ring (bicyclic) bond motifs is 1. The number of benzene rings is 1. The summed E-state index contributed by atoms with van der Waals surface area (Å²) in [6.45, 7) is 6.98. The molecule has 2 aromatic rings. The molecule has 0 atom stereocenters. The van der Waals surface area contributed by atoms with Gasteiger partial charge in [0.25, 0.3) is 0 Å². The Kier molecular flexibility index (Phi) is 6.49. The highest BCUT2D eigenvalue weighted by Crippen LogP contribution is 2.29. The van der Waals surface area contributed by atoms with Gasteiger partial charge in [-0.3, -0.25) is 4.79 Å². The van der Waals surface area contributed by atoms with E-state index in [1.165, 1.54) is 16.6 Å². The van der Waals surface area contributed by atoms with E-state index in [0.29, 0.717) is 13.2 Å². The molecule has 2 heterocycles. The van der Waals surface area contributed by atoms with Crippen LogP contribution in [0.25, 0.3) is 10.9 Å². The second-order valence-corrected chi connectivity index (χ2v) is 6.90. The number of piperidine rings is 1. The summed E-state index contributed by atoms with van der Waals surface area (Å²) in [5.74, 6) is 0.105. The average Bonchev–Trinajstić information content (AvgIpc) is 2.88. The van der Waals surface area contributed by atoms with Gasteiger partial charge in [0, 0.05) is 30.3 Å². The van der Waals surface area contributed by atoms with E-state index in [9.17, 15) is 4.79 Å². The minimum Gasteiger partial charge on any atom is -0.384 e. The van der Waals surface area contributed by atoms with Gasteiger partial charge in [-0.1, -0.05) is 6.07 Å². The van der Waals surface area contributed by atoms with Crippen molar-refractivity contribution in [1.29, 1.82) is 0 Å². The molecule has 1 aromatic carbocycles. The molecule has 0 aliphatic carbocycles. The smallest absolute Gasteiger partial charge is 0.228 e. The van der Waals surface area contributed by atoms with Crippen molar-refractivity contribution in [2.45, 2.75) is 33.2 Å². The number of halogens is 1. The number of carbonyl (C=O) groups is 1. The van der Waals surface area contributed by atoms with Crippen LogP contribution in [0.5, 0.6) is 0 Å². The summed E-state index contributed by atoms with van der Waals surface area (Å²) in [6.07, 6.45) is 1.64. The number of nitrogens with one attached hydrogen (secondary N) is 3. The van der Waals surface area contributed by atoms with Gasteiger partial charge in [0.2, 0.25) is 5.91 Å². The molecule has 1 aliphatic rings. The van der Waals surface area contributed by atoms with Crippen LogP contribution in [0.15, 0.2) is 18.2 Å². The summed E-state index contributed by atoms with van der Waals surface area (Å²) in [5, 5.41) is 7.67. The van der Waals surface area contributed by atoms with Crippen LogP contribution in [0.1, 0.15) is 29.7 Å². The zero-order chi connectivity index (χ0) is 17.2. The highest BCUT2D eigenvalue weighted by Gasteiger charge is 2.39.